The van der Waals surface area contributed by atoms with Crippen LogP contribution in [0.2, 0.25) is 0 Å². The van der Waals surface area contributed by atoms with E-state index in [1.807, 2.05) is 73.7 Å². The van der Waals surface area contributed by atoms with Gasteiger partial charge in [0.1, 0.15) is 18.3 Å². The lowest BCUT2D eigenvalue weighted by Crippen LogP contribution is -2.55. The number of nitrogens with zero attached hydrogens (tertiary/aromatic N) is 2. The Morgan fingerprint density at radius 3 is 2.18 bits per heavy atom. The van der Waals surface area contributed by atoms with Crippen molar-refractivity contribution in [2.45, 2.75) is 69.0 Å². The van der Waals surface area contributed by atoms with E-state index in [-0.39, 0.29) is 29.8 Å². The lowest BCUT2D eigenvalue weighted by Gasteiger charge is -2.35. The van der Waals surface area contributed by atoms with E-state index in [1.165, 1.54) is 24.1 Å². The Balaban J connectivity index is 1.57. The molecule has 0 unspecified atom stereocenters. The molecule has 2 amide bonds. The Hall–Kier alpha value is -3.67. The monoisotopic (exact) mass is 809 g/mol. The maximum Gasteiger partial charge on any atom is 0.264 e. The number of ether oxygens (including phenoxy) is 1. The van der Waals surface area contributed by atoms with Crippen LogP contribution in [0.5, 0.6) is 5.75 Å². The van der Waals surface area contributed by atoms with Crippen LogP contribution in [0.3, 0.4) is 0 Å². The van der Waals surface area contributed by atoms with Gasteiger partial charge in [0.25, 0.3) is 10.0 Å². The number of hydrogen-bond donors (Lipinski definition) is 1. The van der Waals surface area contributed by atoms with Crippen LogP contribution in [-0.4, -0.2) is 50.9 Å². The summed E-state index contributed by atoms with van der Waals surface area (Å²) in [4.78, 5) is 30.5. The molecule has 1 N–H and O–H groups in total. The Bertz CT molecular complexity index is 1830. The molecule has 4 aromatic carbocycles. The molecule has 49 heavy (non-hydrogen) atoms. The molecule has 1 fully saturated rings. The highest BCUT2D eigenvalue weighted by Crippen LogP contribution is 2.31. The zero-order chi connectivity index (χ0) is 35.0. The summed E-state index contributed by atoms with van der Waals surface area (Å²) in [5, 5.41) is 3.24. The van der Waals surface area contributed by atoms with E-state index in [9.17, 15) is 18.0 Å². The first-order chi connectivity index (χ1) is 23.5. The molecule has 0 heterocycles. The van der Waals surface area contributed by atoms with Gasteiger partial charge in [-0.15, -0.1) is 0 Å². The van der Waals surface area contributed by atoms with Crippen LogP contribution >= 0.6 is 31.9 Å². The van der Waals surface area contributed by atoms with Crippen LogP contribution in [0.25, 0.3) is 0 Å². The number of rotatable bonds is 13. The number of halogens is 2. The zero-order valence-electron chi connectivity index (χ0n) is 27.6. The maximum absolute atomic E-state index is 14.7. The second-order valence-electron chi connectivity index (χ2n) is 12.3. The van der Waals surface area contributed by atoms with E-state index in [0.29, 0.717) is 15.9 Å². The minimum atomic E-state index is -4.26. The van der Waals surface area contributed by atoms with Crippen molar-refractivity contribution in [1.29, 1.82) is 0 Å². The molecule has 0 spiro atoms. The topological polar surface area (TPSA) is 96.0 Å². The summed E-state index contributed by atoms with van der Waals surface area (Å²) in [6.45, 7) is 1.50. The standard InChI is InChI=1S/C38H41Br2N3O5S/c1-27-13-19-32(20-14-27)43(49(46,47)33-21-22-36(48-2)34(40)24-33)26-37(44)42(25-29-15-17-30(39)18-16-29)35(23-28-9-5-3-6-10-28)38(45)41-31-11-7-4-8-12-31/h3,5-6,9-10,13-22,24,31,35H,4,7-8,11-12,23,25-26H2,1-2H3,(H,41,45)/t35-/m0/s1. The summed E-state index contributed by atoms with van der Waals surface area (Å²) in [5.74, 6) is -0.269. The van der Waals surface area contributed by atoms with Crippen molar-refractivity contribution in [1.82, 2.24) is 10.2 Å². The van der Waals surface area contributed by atoms with Gasteiger partial charge in [-0.3, -0.25) is 13.9 Å². The predicted molar refractivity (Wildman–Crippen MR) is 200 cm³/mol. The highest BCUT2D eigenvalue weighted by Gasteiger charge is 2.35. The van der Waals surface area contributed by atoms with E-state index in [2.05, 4.69) is 37.2 Å². The van der Waals surface area contributed by atoms with Crippen molar-refractivity contribution in [2.24, 2.45) is 0 Å². The number of carbonyl (C=O) groups excluding carboxylic acids is 2. The fourth-order valence-electron chi connectivity index (χ4n) is 6.06. The van der Waals surface area contributed by atoms with Gasteiger partial charge in [-0.2, -0.15) is 0 Å². The minimum absolute atomic E-state index is 0.0103. The largest absolute Gasteiger partial charge is 0.496 e. The summed E-state index contributed by atoms with van der Waals surface area (Å²) in [5.41, 5.74) is 2.98. The molecular formula is C38H41Br2N3O5S. The first kappa shape index (κ1) is 36.6. The number of methoxy groups -OCH3 is 1. The average Bonchev–Trinajstić information content (AvgIpc) is 3.10. The molecule has 1 aliphatic carbocycles. The number of amides is 2. The summed E-state index contributed by atoms with van der Waals surface area (Å²) in [6.07, 6.45) is 5.27. The van der Waals surface area contributed by atoms with E-state index >= 15 is 0 Å². The van der Waals surface area contributed by atoms with Gasteiger partial charge in [0.05, 0.1) is 22.2 Å². The molecule has 0 radical (unpaired) electrons. The Morgan fingerprint density at radius 2 is 1.55 bits per heavy atom. The summed E-state index contributed by atoms with van der Waals surface area (Å²) in [6, 6.07) is 27.8. The molecule has 0 aromatic heterocycles. The third kappa shape index (κ3) is 9.52. The van der Waals surface area contributed by atoms with Crippen molar-refractivity contribution in [2.75, 3.05) is 18.0 Å². The van der Waals surface area contributed by atoms with Crippen molar-refractivity contribution >= 4 is 59.4 Å². The van der Waals surface area contributed by atoms with E-state index in [0.717, 1.165) is 57.6 Å². The second kappa shape index (κ2) is 16.8. The van der Waals surface area contributed by atoms with Gasteiger partial charge in [0.15, 0.2) is 0 Å². The third-order valence-corrected chi connectivity index (χ3v) is 11.7. The summed E-state index contributed by atoms with van der Waals surface area (Å²) < 4.78 is 36.6. The first-order valence-electron chi connectivity index (χ1n) is 16.4. The molecule has 258 valence electrons. The molecule has 0 bridgehead atoms. The van der Waals surface area contributed by atoms with E-state index < -0.39 is 28.5 Å². The van der Waals surface area contributed by atoms with Gasteiger partial charge in [0, 0.05) is 23.5 Å². The quantitative estimate of drug-likeness (QED) is 0.149. The normalized spacial score (nSPS) is 14.1. The average molecular weight is 812 g/mol. The van der Waals surface area contributed by atoms with Crippen molar-refractivity contribution in [3.8, 4) is 5.75 Å². The molecule has 1 saturated carbocycles. The Kier molecular flexibility index (Phi) is 12.6. The lowest BCUT2D eigenvalue weighted by molar-refractivity contribution is -0.140. The minimum Gasteiger partial charge on any atom is -0.496 e. The molecule has 0 aliphatic heterocycles. The molecule has 8 nitrogen and oxygen atoms in total. The summed E-state index contributed by atoms with van der Waals surface area (Å²) >= 11 is 6.89. The van der Waals surface area contributed by atoms with E-state index in [4.69, 9.17) is 4.74 Å². The third-order valence-electron chi connectivity index (χ3n) is 8.80. The van der Waals surface area contributed by atoms with Crippen LogP contribution in [0.1, 0.15) is 48.8 Å². The van der Waals surface area contributed by atoms with Gasteiger partial charge in [0.2, 0.25) is 11.8 Å². The zero-order valence-corrected chi connectivity index (χ0v) is 31.6. The number of benzene rings is 4. The van der Waals surface area contributed by atoms with Crippen molar-refractivity contribution < 1.29 is 22.7 Å². The number of carbonyl (C=O) groups is 2. The molecule has 5 rings (SSSR count). The molecule has 11 heteroatoms. The van der Waals surface area contributed by atoms with Crippen LogP contribution in [0.4, 0.5) is 5.69 Å². The number of sulfonamides is 1. The van der Waals surface area contributed by atoms with Crippen LogP contribution in [-0.2, 0) is 32.6 Å². The number of hydrogen-bond acceptors (Lipinski definition) is 5. The van der Waals surface area contributed by atoms with Gasteiger partial charge in [-0.25, -0.2) is 8.42 Å². The second-order valence-corrected chi connectivity index (χ2v) is 16.0. The fourth-order valence-corrected chi connectivity index (χ4v) is 8.46. The van der Waals surface area contributed by atoms with Gasteiger partial charge in [-0.1, -0.05) is 95.4 Å². The number of aryl methyl sites for hydroxylation is 1. The van der Waals surface area contributed by atoms with Crippen molar-refractivity contribution in [3.05, 3.63) is 123 Å². The maximum atomic E-state index is 14.7. The van der Waals surface area contributed by atoms with Gasteiger partial charge >= 0.3 is 0 Å². The highest BCUT2D eigenvalue weighted by atomic mass is 79.9. The van der Waals surface area contributed by atoms with E-state index in [1.54, 1.807) is 18.2 Å². The summed E-state index contributed by atoms with van der Waals surface area (Å²) in [7, 11) is -2.75. The highest BCUT2D eigenvalue weighted by molar-refractivity contribution is 9.10. The van der Waals surface area contributed by atoms with Crippen LogP contribution < -0.4 is 14.4 Å². The van der Waals surface area contributed by atoms with Crippen LogP contribution in [0.15, 0.2) is 111 Å². The van der Waals surface area contributed by atoms with Gasteiger partial charge < -0.3 is 15.0 Å². The van der Waals surface area contributed by atoms with Crippen molar-refractivity contribution in [3.63, 3.8) is 0 Å². The fraction of sp³-hybridized carbons (Fsp3) is 0.316. The van der Waals surface area contributed by atoms with Gasteiger partial charge in [-0.05, 0) is 89.3 Å². The SMILES string of the molecule is COc1ccc(S(=O)(=O)N(CC(=O)N(Cc2ccc(Br)cc2)[C@@H](Cc2ccccc2)C(=O)NC2CCCCC2)c2ccc(C)cc2)cc1Br. The number of anilines is 1. The molecular weight excluding hydrogens is 770 g/mol. The molecule has 4 aromatic rings. The lowest BCUT2D eigenvalue weighted by atomic mass is 9.94. The smallest absolute Gasteiger partial charge is 0.264 e. The Labute approximate surface area is 306 Å². The first-order valence-corrected chi connectivity index (χ1v) is 19.4. The van der Waals surface area contributed by atoms with Crippen LogP contribution in [0, 0.1) is 6.92 Å². The predicted octanol–water partition coefficient (Wildman–Crippen LogP) is 7.81. The molecule has 1 atom stereocenters. The molecule has 0 saturated heterocycles. The molecule has 1 aliphatic rings. The Morgan fingerprint density at radius 1 is 0.878 bits per heavy atom. The number of nitrogens with one attached hydrogen (secondary N) is 1.